The molecule has 0 fully saturated rings. The zero-order chi connectivity index (χ0) is 13.9. The van der Waals surface area contributed by atoms with Gasteiger partial charge in [-0.2, -0.15) is 0 Å². The topological polar surface area (TPSA) is 55.1 Å². The van der Waals surface area contributed by atoms with Crippen LogP contribution >= 0.6 is 15.9 Å². The fourth-order valence-corrected chi connectivity index (χ4v) is 2.31. The number of hydrogen-bond acceptors (Lipinski definition) is 4. The molecule has 3 rings (SSSR count). The van der Waals surface area contributed by atoms with Gasteiger partial charge in [0.05, 0.1) is 0 Å². The molecule has 102 valence electrons. The Hall–Kier alpha value is -1.95. The molecule has 20 heavy (non-hydrogen) atoms. The fourth-order valence-electron chi connectivity index (χ4n) is 2.04. The van der Waals surface area contributed by atoms with Crippen LogP contribution in [0, 0.1) is 6.92 Å². The second-order valence-corrected chi connectivity index (χ2v) is 5.44. The number of fused-ring (bicyclic) bond motifs is 1. The summed E-state index contributed by atoms with van der Waals surface area (Å²) < 4.78 is 3.02. The van der Waals surface area contributed by atoms with Crippen molar-refractivity contribution in [3.63, 3.8) is 0 Å². The fraction of sp³-hybridized carbons (Fsp3) is 0.214. The van der Waals surface area contributed by atoms with Gasteiger partial charge in [-0.05, 0) is 31.0 Å². The Labute approximate surface area is 125 Å². The van der Waals surface area contributed by atoms with Gasteiger partial charge in [-0.3, -0.25) is 4.40 Å². The van der Waals surface area contributed by atoms with Gasteiger partial charge >= 0.3 is 0 Å². The van der Waals surface area contributed by atoms with E-state index >= 15 is 0 Å². The minimum absolute atomic E-state index is 0.765. The second-order valence-electron chi connectivity index (χ2n) is 4.52. The van der Waals surface area contributed by atoms with Gasteiger partial charge in [0.2, 0.25) is 5.65 Å². The molecule has 0 unspecified atom stereocenters. The number of nitrogens with zero attached hydrogens (tertiary/aromatic N) is 4. The highest BCUT2D eigenvalue weighted by atomic mass is 79.9. The summed E-state index contributed by atoms with van der Waals surface area (Å²) in [6.07, 6.45) is 4.55. The Kier molecular flexibility index (Phi) is 3.64. The van der Waals surface area contributed by atoms with Crippen molar-refractivity contribution >= 4 is 27.4 Å². The highest BCUT2D eigenvalue weighted by Gasteiger charge is 2.06. The zero-order valence-electron chi connectivity index (χ0n) is 11.0. The van der Waals surface area contributed by atoms with Crippen LogP contribution in [0.3, 0.4) is 0 Å². The molecule has 0 bridgehead atoms. The molecule has 6 heteroatoms. The maximum absolute atomic E-state index is 4.32. The number of aryl methyl sites for hydroxylation is 1. The van der Waals surface area contributed by atoms with E-state index in [1.807, 2.05) is 17.5 Å². The number of aromatic nitrogens is 4. The quantitative estimate of drug-likeness (QED) is 0.798. The molecule has 3 aromatic rings. The molecule has 0 radical (unpaired) electrons. The van der Waals surface area contributed by atoms with Crippen LogP contribution in [0.5, 0.6) is 0 Å². The Morgan fingerprint density at radius 3 is 2.80 bits per heavy atom. The van der Waals surface area contributed by atoms with Crippen molar-refractivity contribution in [2.24, 2.45) is 0 Å². The van der Waals surface area contributed by atoms with Crippen LogP contribution in [-0.4, -0.2) is 26.1 Å². The second kappa shape index (κ2) is 5.58. The molecule has 0 saturated heterocycles. The van der Waals surface area contributed by atoms with E-state index in [0.29, 0.717) is 0 Å². The Balaban J connectivity index is 1.69. The van der Waals surface area contributed by atoms with E-state index in [0.717, 1.165) is 34.7 Å². The lowest BCUT2D eigenvalue weighted by atomic mass is 10.1. The first-order chi connectivity index (χ1) is 9.74. The Morgan fingerprint density at radius 2 is 2.00 bits per heavy atom. The standard InChI is InChI=1S/C14H14BrN5/c1-10-18-19-14-13(17-8-9-20(10)14)16-7-6-11-2-4-12(15)5-3-11/h2-5,8-9H,6-7H2,1H3,(H,16,17). The third-order valence-corrected chi connectivity index (χ3v) is 3.65. The van der Waals surface area contributed by atoms with E-state index < -0.39 is 0 Å². The van der Waals surface area contributed by atoms with Gasteiger partial charge in [0.1, 0.15) is 5.82 Å². The van der Waals surface area contributed by atoms with Gasteiger partial charge in [-0.1, -0.05) is 28.1 Å². The number of benzene rings is 1. The Morgan fingerprint density at radius 1 is 1.20 bits per heavy atom. The summed E-state index contributed by atoms with van der Waals surface area (Å²) >= 11 is 3.44. The predicted octanol–water partition coefficient (Wildman–Crippen LogP) is 2.85. The summed E-state index contributed by atoms with van der Waals surface area (Å²) in [6, 6.07) is 8.33. The number of halogens is 1. The molecule has 0 amide bonds. The summed E-state index contributed by atoms with van der Waals surface area (Å²) in [7, 11) is 0. The van der Waals surface area contributed by atoms with Gasteiger partial charge in [-0.25, -0.2) is 4.98 Å². The molecule has 0 aliphatic heterocycles. The first kappa shape index (κ1) is 13.1. The van der Waals surface area contributed by atoms with E-state index in [1.165, 1.54) is 5.56 Å². The molecule has 1 N–H and O–H groups in total. The first-order valence-corrected chi connectivity index (χ1v) is 7.18. The molecule has 0 atom stereocenters. The van der Waals surface area contributed by atoms with Gasteiger partial charge in [-0.15, -0.1) is 10.2 Å². The van der Waals surface area contributed by atoms with Crippen molar-refractivity contribution in [3.8, 4) is 0 Å². The van der Waals surface area contributed by atoms with E-state index in [4.69, 9.17) is 0 Å². The summed E-state index contributed by atoms with van der Waals surface area (Å²) in [6.45, 7) is 2.73. The van der Waals surface area contributed by atoms with Gasteiger partial charge < -0.3 is 5.32 Å². The largest absolute Gasteiger partial charge is 0.367 e. The normalized spacial score (nSPS) is 10.9. The van der Waals surface area contributed by atoms with Crippen molar-refractivity contribution in [1.82, 2.24) is 19.6 Å². The van der Waals surface area contributed by atoms with Gasteiger partial charge in [0.25, 0.3) is 0 Å². The van der Waals surface area contributed by atoms with Gasteiger partial charge in [0.15, 0.2) is 5.82 Å². The van der Waals surface area contributed by atoms with Crippen LogP contribution in [0.2, 0.25) is 0 Å². The molecule has 5 nitrogen and oxygen atoms in total. The summed E-state index contributed by atoms with van der Waals surface area (Å²) in [5, 5.41) is 11.5. The molecule has 2 heterocycles. The molecule has 0 aliphatic rings. The van der Waals surface area contributed by atoms with Crippen LogP contribution in [0.25, 0.3) is 5.65 Å². The lowest BCUT2D eigenvalue weighted by Gasteiger charge is -2.06. The number of nitrogens with one attached hydrogen (secondary N) is 1. The van der Waals surface area contributed by atoms with E-state index in [2.05, 4.69) is 60.7 Å². The highest BCUT2D eigenvalue weighted by molar-refractivity contribution is 9.10. The molecule has 0 aliphatic carbocycles. The highest BCUT2D eigenvalue weighted by Crippen LogP contribution is 2.13. The van der Waals surface area contributed by atoms with Crippen LogP contribution < -0.4 is 5.32 Å². The van der Waals surface area contributed by atoms with Gasteiger partial charge in [0, 0.05) is 23.4 Å². The number of rotatable bonds is 4. The number of hydrogen-bond donors (Lipinski definition) is 1. The first-order valence-electron chi connectivity index (χ1n) is 6.39. The van der Waals surface area contributed by atoms with Crippen molar-refractivity contribution in [3.05, 3.63) is 52.5 Å². The minimum atomic E-state index is 0.765. The van der Waals surface area contributed by atoms with Crippen LogP contribution in [0.15, 0.2) is 41.1 Å². The van der Waals surface area contributed by atoms with E-state index in [9.17, 15) is 0 Å². The third-order valence-electron chi connectivity index (χ3n) is 3.12. The van der Waals surface area contributed by atoms with Crippen LogP contribution in [0.4, 0.5) is 5.82 Å². The molecular weight excluding hydrogens is 318 g/mol. The average Bonchev–Trinajstić information content (AvgIpc) is 2.84. The van der Waals surface area contributed by atoms with Crippen LogP contribution in [0.1, 0.15) is 11.4 Å². The molecular formula is C14H14BrN5. The van der Waals surface area contributed by atoms with Crippen molar-refractivity contribution in [1.29, 1.82) is 0 Å². The third kappa shape index (κ3) is 2.65. The SMILES string of the molecule is Cc1nnc2c(NCCc3ccc(Br)cc3)nccn12. The average molecular weight is 332 g/mol. The van der Waals surface area contributed by atoms with E-state index in [-0.39, 0.29) is 0 Å². The minimum Gasteiger partial charge on any atom is -0.367 e. The summed E-state index contributed by atoms with van der Waals surface area (Å²) in [4.78, 5) is 4.32. The summed E-state index contributed by atoms with van der Waals surface area (Å²) in [5.74, 6) is 1.63. The van der Waals surface area contributed by atoms with Crippen molar-refractivity contribution in [2.45, 2.75) is 13.3 Å². The Bertz CT molecular complexity index is 720. The maximum Gasteiger partial charge on any atom is 0.203 e. The monoisotopic (exact) mass is 331 g/mol. The van der Waals surface area contributed by atoms with Crippen molar-refractivity contribution < 1.29 is 0 Å². The number of anilines is 1. The predicted molar refractivity (Wildman–Crippen MR) is 81.9 cm³/mol. The van der Waals surface area contributed by atoms with E-state index in [1.54, 1.807) is 6.20 Å². The smallest absolute Gasteiger partial charge is 0.203 e. The molecule has 0 saturated carbocycles. The molecule has 2 aromatic heterocycles. The van der Waals surface area contributed by atoms with Crippen LogP contribution in [-0.2, 0) is 6.42 Å². The van der Waals surface area contributed by atoms with Crippen molar-refractivity contribution in [2.75, 3.05) is 11.9 Å². The maximum atomic E-state index is 4.32. The molecule has 0 spiro atoms. The lowest BCUT2D eigenvalue weighted by molar-refractivity contribution is 0.987. The molecule has 1 aromatic carbocycles. The lowest BCUT2D eigenvalue weighted by Crippen LogP contribution is -2.08. The zero-order valence-corrected chi connectivity index (χ0v) is 12.6. The summed E-state index contributed by atoms with van der Waals surface area (Å²) in [5.41, 5.74) is 2.05.